The molecule has 2 aromatic heterocycles. The van der Waals surface area contributed by atoms with E-state index < -0.39 is 0 Å². The van der Waals surface area contributed by atoms with Gasteiger partial charge in [0.25, 0.3) is 0 Å². The van der Waals surface area contributed by atoms with Crippen molar-refractivity contribution in [2.45, 2.75) is 30.3 Å². The molecule has 5 nitrogen and oxygen atoms in total. The molecule has 3 aromatic rings. The topological polar surface area (TPSA) is 46.8 Å². The van der Waals surface area contributed by atoms with Crippen LogP contribution in [0.3, 0.4) is 0 Å². The molecule has 3 heterocycles. The van der Waals surface area contributed by atoms with Gasteiger partial charge in [0.2, 0.25) is 0 Å². The summed E-state index contributed by atoms with van der Waals surface area (Å²) in [6.07, 6.45) is 2.51. The second-order valence-corrected chi connectivity index (χ2v) is 8.18. The molecule has 4 rings (SSSR count). The van der Waals surface area contributed by atoms with Gasteiger partial charge in [0.15, 0.2) is 11.0 Å². The molecule has 1 saturated heterocycles. The highest BCUT2D eigenvalue weighted by atomic mass is 35.5. The van der Waals surface area contributed by atoms with Crippen LogP contribution in [0.15, 0.2) is 47.6 Å². The number of para-hydroxylation sites is 1. The number of benzene rings is 1. The molecular weight excluding hydrogens is 401 g/mol. The van der Waals surface area contributed by atoms with Crippen LogP contribution < -0.4 is 0 Å². The Kier molecular flexibility index (Phi) is 5.98. The summed E-state index contributed by atoms with van der Waals surface area (Å²) in [5.41, 5.74) is 2.08. The van der Waals surface area contributed by atoms with Crippen molar-refractivity contribution in [1.29, 1.82) is 0 Å². The lowest BCUT2D eigenvalue weighted by Gasteiger charge is -2.16. The van der Waals surface area contributed by atoms with Gasteiger partial charge in [-0.25, -0.2) is 4.98 Å². The average Bonchev–Trinajstić information content (AvgIpc) is 3.30. The van der Waals surface area contributed by atoms with Crippen molar-refractivity contribution in [1.82, 2.24) is 24.6 Å². The molecule has 8 heteroatoms. The third kappa shape index (κ3) is 4.63. The van der Waals surface area contributed by atoms with Crippen LogP contribution in [0.5, 0.6) is 0 Å². The molecule has 1 aliphatic rings. The minimum absolute atomic E-state index is 0.400. The van der Waals surface area contributed by atoms with Gasteiger partial charge in [0, 0.05) is 11.4 Å². The summed E-state index contributed by atoms with van der Waals surface area (Å²) in [6.45, 7) is 3.06. The molecule has 0 radical (unpaired) electrons. The van der Waals surface area contributed by atoms with E-state index in [1.807, 2.05) is 30.3 Å². The summed E-state index contributed by atoms with van der Waals surface area (Å²) in [4.78, 5) is 6.43. The van der Waals surface area contributed by atoms with Crippen LogP contribution in [0.1, 0.15) is 24.2 Å². The van der Waals surface area contributed by atoms with Crippen LogP contribution in [-0.2, 0) is 12.3 Å². The van der Waals surface area contributed by atoms with Crippen LogP contribution in [-0.4, -0.2) is 37.7 Å². The molecule has 1 aromatic carbocycles. The van der Waals surface area contributed by atoms with Gasteiger partial charge in [-0.1, -0.05) is 53.2 Å². The predicted octanol–water partition coefficient (Wildman–Crippen LogP) is 4.86. The van der Waals surface area contributed by atoms with Gasteiger partial charge in [-0.15, -0.1) is 10.2 Å². The van der Waals surface area contributed by atoms with Gasteiger partial charge in [-0.05, 0) is 55.8 Å². The zero-order valence-corrected chi connectivity index (χ0v) is 17.0. The standard InChI is InChI=1S/C19H19Cl2N5S/c20-16-10-14(11-17(21)22-16)13-27-19-24-23-18(12-25-8-4-5-9-25)26(19)15-6-2-1-3-7-15/h1-3,6-7,10-11H,4-5,8-9,12-13H2. The Balaban J connectivity index is 1.60. The fourth-order valence-corrected chi connectivity index (χ4v) is 4.63. The van der Waals surface area contributed by atoms with Crippen LogP contribution in [0.2, 0.25) is 10.3 Å². The van der Waals surface area contributed by atoms with Gasteiger partial charge in [-0.3, -0.25) is 9.47 Å². The molecule has 0 atom stereocenters. The minimum Gasteiger partial charge on any atom is -0.296 e. The maximum Gasteiger partial charge on any atom is 0.196 e. The summed E-state index contributed by atoms with van der Waals surface area (Å²) in [5.74, 6) is 1.66. The highest BCUT2D eigenvalue weighted by Gasteiger charge is 2.19. The molecule has 0 saturated carbocycles. The number of thioether (sulfide) groups is 1. The van der Waals surface area contributed by atoms with Crippen molar-refractivity contribution in [2.75, 3.05) is 13.1 Å². The molecule has 0 aliphatic carbocycles. The Labute approximate surface area is 172 Å². The number of rotatable bonds is 6. The van der Waals surface area contributed by atoms with E-state index in [0.29, 0.717) is 16.1 Å². The molecule has 0 N–H and O–H groups in total. The fraction of sp³-hybridized carbons (Fsp3) is 0.316. The number of pyridine rings is 1. The first-order chi connectivity index (χ1) is 13.2. The van der Waals surface area contributed by atoms with Gasteiger partial charge < -0.3 is 0 Å². The lowest BCUT2D eigenvalue weighted by Crippen LogP contribution is -2.21. The molecule has 0 unspecified atom stereocenters. The third-order valence-corrected chi connectivity index (χ3v) is 5.86. The Morgan fingerprint density at radius 3 is 2.37 bits per heavy atom. The lowest BCUT2D eigenvalue weighted by molar-refractivity contribution is 0.319. The molecule has 0 bridgehead atoms. The Morgan fingerprint density at radius 2 is 1.67 bits per heavy atom. The van der Waals surface area contributed by atoms with Crippen molar-refractivity contribution < 1.29 is 0 Å². The van der Waals surface area contributed by atoms with Crippen LogP contribution in [0.25, 0.3) is 5.69 Å². The van der Waals surface area contributed by atoms with Crippen LogP contribution in [0.4, 0.5) is 0 Å². The first-order valence-corrected chi connectivity index (χ1v) is 10.6. The van der Waals surface area contributed by atoms with Gasteiger partial charge >= 0.3 is 0 Å². The molecule has 1 fully saturated rings. The van der Waals surface area contributed by atoms with E-state index in [1.165, 1.54) is 12.8 Å². The minimum atomic E-state index is 0.400. The number of hydrogen-bond donors (Lipinski definition) is 0. The van der Waals surface area contributed by atoms with E-state index in [0.717, 1.165) is 41.9 Å². The van der Waals surface area contributed by atoms with Crippen molar-refractivity contribution in [3.05, 3.63) is 64.2 Å². The van der Waals surface area contributed by atoms with E-state index in [2.05, 4.69) is 36.8 Å². The molecular formula is C19H19Cl2N5S. The number of nitrogens with zero attached hydrogens (tertiary/aromatic N) is 5. The highest BCUT2D eigenvalue weighted by molar-refractivity contribution is 7.98. The predicted molar refractivity (Wildman–Crippen MR) is 110 cm³/mol. The molecule has 27 heavy (non-hydrogen) atoms. The normalized spacial score (nSPS) is 14.7. The van der Waals surface area contributed by atoms with E-state index >= 15 is 0 Å². The number of aromatic nitrogens is 4. The zero-order valence-electron chi connectivity index (χ0n) is 14.7. The van der Waals surface area contributed by atoms with E-state index in [4.69, 9.17) is 23.2 Å². The van der Waals surface area contributed by atoms with Crippen molar-refractivity contribution in [2.24, 2.45) is 0 Å². The van der Waals surface area contributed by atoms with Crippen molar-refractivity contribution in [3.63, 3.8) is 0 Å². The SMILES string of the molecule is Clc1cc(CSc2nnc(CN3CCCC3)n2-c2ccccc2)cc(Cl)n1. The smallest absolute Gasteiger partial charge is 0.196 e. The maximum atomic E-state index is 6.01. The van der Waals surface area contributed by atoms with Gasteiger partial charge in [-0.2, -0.15) is 0 Å². The Morgan fingerprint density at radius 1 is 0.963 bits per heavy atom. The monoisotopic (exact) mass is 419 g/mol. The van der Waals surface area contributed by atoms with Crippen molar-refractivity contribution >= 4 is 35.0 Å². The largest absolute Gasteiger partial charge is 0.296 e. The van der Waals surface area contributed by atoms with Gasteiger partial charge in [0.05, 0.1) is 6.54 Å². The van der Waals surface area contributed by atoms with E-state index in [-0.39, 0.29) is 0 Å². The summed E-state index contributed by atoms with van der Waals surface area (Å²) >= 11 is 13.6. The van der Waals surface area contributed by atoms with Crippen molar-refractivity contribution in [3.8, 4) is 5.69 Å². The summed E-state index contributed by atoms with van der Waals surface area (Å²) in [6, 6.07) is 13.9. The van der Waals surface area contributed by atoms with E-state index in [9.17, 15) is 0 Å². The second kappa shape index (κ2) is 8.61. The average molecular weight is 420 g/mol. The Hall–Kier alpha value is -1.60. The first kappa shape index (κ1) is 18.7. The number of halogens is 2. The number of likely N-dealkylation sites (tertiary alicyclic amines) is 1. The first-order valence-electron chi connectivity index (χ1n) is 8.86. The van der Waals surface area contributed by atoms with Crippen LogP contribution in [0, 0.1) is 0 Å². The third-order valence-electron chi connectivity index (χ3n) is 4.47. The van der Waals surface area contributed by atoms with E-state index in [1.54, 1.807) is 11.8 Å². The summed E-state index contributed by atoms with van der Waals surface area (Å²) in [7, 11) is 0. The number of hydrogen-bond acceptors (Lipinski definition) is 5. The summed E-state index contributed by atoms with van der Waals surface area (Å²) < 4.78 is 2.15. The highest BCUT2D eigenvalue weighted by Crippen LogP contribution is 2.27. The quantitative estimate of drug-likeness (QED) is 0.421. The zero-order chi connectivity index (χ0) is 18.6. The fourth-order valence-electron chi connectivity index (χ4n) is 3.22. The lowest BCUT2D eigenvalue weighted by atomic mass is 10.3. The maximum absolute atomic E-state index is 6.01. The van der Waals surface area contributed by atoms with Gasteiger partial charge in [0.1, 0.15) is 10.3 Å². The molecule has 0 spiro atoms. The summed E-state index contributed by atoms with van der Waals surface area (Å²) in [5, 5.41) is 10.6. The van der Waals surface area contributed by atoms with Crippen LogP contribution >= 0.6 is 35.0 Å². The molecule has 140 valence electrons. The second-order valence-electron chi connectivity index (χ2n) is 6.46. The Bertz CT molecular complexity index is 889. The molecule has 0 amide bonds. The molecule has 1 aliphatic heterocycles.